The Labute approximate surface area is 116 Å². The molecule has 0 radical (unpaired) electrons. The van der Waals surface area contributed by atoms with Gasteiger partial charge in [-0.25, -0.2) is 8.42 Å². The summed E-state index contributed by atoms with van der Waals surface area (Å²) in [6, 6.07) is 3.10. The summed E-state index contributed by atoms with van der Waals surface area (Å²) < 4.78 is 26.8. The highest BCUT2D eigenvalue weighted by Gasteiger charge is 2.19. The molecule has 8 heteroatoms. The maximum absolute atomic E-state index is 12.2. The summed E-state index contributed by atoms with van der Waals surface area (Å²) in [7, 11) is -3.70. The molecule has 1 aromatic carbocycles. The van der Waals surface area contributed by atoms with Crippen LogP contribution in [0.1, 0.15) is 11.3 Å². The van der Waals surface area contributed by atoms with Crippen LogP contribution in [-0.2, 0) is 10.0 Å². The SMILES string of the molecule is Cc1cc(N)c(Cl)cc1NS(=O)(=O)c1cn[nH]c1C. The van der Waals surface area contributed by atoms with E-state index in [1.165, 1.54) is 12.3 Å². The summed E-state index contributed by atoms with van der Waals surface area (Å²) in [6.07, 6.45) is 1.26. The summed E-state index contributed by atoms with van der Waals surface area (Å²) in [4.78, 5) is 0.0971. The number of nitrogens with zero attached hydrogens (tertiary/aromatic N) is 1. The highest BCUT2D eigenvalue weighted by Crippen LogP contribution is 2.28. The third-order valence-electron chi connectivity index (χ3n) is 2.66. The molecule has 0 aliphatic rings. The molecule has 0 aliphatic carbocycles. The van der Waals surface area contributed by atoms with Gasteiger partial charge < -0.3 is 5.73 Å². The maximum Gasteiger partial charge on any atom is 0.265 e. The van der Waals surface area contributed by atoms with Crippen LogP contribution in [0, 0.1) is 13.8 Å². The Bertz CT molecular complexity index is 724. The fourth-order valence-electron chi connectivity index (χ4n) is 1.62. The van der Waals surface area contributed by atoms with Crippen LogP contribution in [0.4, 0.5) is 11.4 Å². The second kappa shape index (κ2) is 4.75. The van der Waals surface area contributed by atoms with Gasteiger partial charge in [-0.1, -0.05) is 11.6 Å². The number of hydrogen-bond acceptors (Lipinski definition) is 4. The first-order valence-corrected chi connectivity index (χ1v) is 7.26. The number of rotatable bonds is 3. The van der Waals surface area contributed by atoms with Gasteiger partial charge in [0.1, 0.15) is 4.90 Å². The van der Waals surface area contributed by atoms with Gasteiger partial charge >= 0.3 is 0 Å². The van der Waals surface area contributed by atoms with Gasteiger partial charge in [0.25, 0.3) is 10.0 Å². The molecule has 0 atom stereocenters. The minimum atomic E-state index is -3.70. The molecule has 102 valence electrons. The fourth-order valence-corrected chi connectivity index (χ4v) is 3.05. The first kappa shape index (κ1) is 13.7. The van der Waals surface area contributed by atoms with Crippen LogP contribution in [0.2, 0.25) is 5.02 Å². The molecule has 2 aromatic rings. The maximum atomic E-state index is 12.2. The Morgan fingerprint density at radius 3 is 2.63 bits per heavy atom. The van der Waals surface area contributed by atoms with E-state index >= 15 is 0 Å². The second-order valence-electron chi connectivity index (χ2n) is 4.15. The lowest BCUT2D eigenvalue weighted by molar-refractivity contribution is 0.600. The summed E-state index contributed by atoms with van der Waals surface area (Å²) in [5, 5.41) is 6.57. The van der Waals surface area contributed by atoms with Crippen molar-refractivity contribution in [2.24, 2.45) is 0 Å². The molecule has 0 fully saturated rings. The zero-order chi connectivity index (χ0) is 14.2. The first-order valence-electron chi connectivity index (χ1n) is 5.39. The zero-order valence-electron chi connectivity index (χ0n) is 10.4. The number of benzene rings is 1. The van der Waals surface area contributed by atoms with E-state index in [0.717, 1.165) is 0 Å². The van der Waals surface area contributed by atoms with Gasteiger partial charge in [0.2, 0.25) is 0 Å². The van der Waals surface area contributed by atoms with Gasteiger partial charge in [-0.15, -0.1) is 0 Å². The summed E-state index contributed by atoms with van der Waals surface area (Å²) in [6.45, 7) is 3.37. The number of nitrogen functional groups attached to an aromatic ring is 1. The topological polar surface area (TPSA) is 101 Å². The van der Waals surface area contributed by atoms with Gasteiger partial charge in [-0.05, 0) is 31.5 Å². The van der Waals surface area contributed by atoms with Crippen molar-refractivity contribution in [1.29, 1.82) is 0 Å². The van der Waals surface area contributed by atoms with Crippen LogP contribution in [0.5, 0.6) is 0 Å². The number of hydrogen-bond donors (Lipinski definition) is 3. The molecule has 0 amide bonds. The Morgan fingerprint density at radius 2 is 2.05 bits per heavy atom. The smallest absolute Gasteiger partial charge is 0.265 e. The van der Waals surface area contributed by atoms with Crippen molar-refractivity contribution < 1.29 is 8.42 Å². The molecular formula is C11H13ClN4O2S. The Kier molecular flexibility index (Phi) is 3.42. The lowest BCUT2D eigenvalue weighted by atomic mass is 10.2. The number of nitrogens with two attached hydrogens (primary N) is 1. The molecule has 1 heterocycles. The van der Waals surface area contributed by atoms with Gasteiger partial charge in [0, 0.05) is 0 Å². The number of sulfonamides is 1. The molecule has 19 heavy (non-hydrogen) atoms. The average molecular weight is 301 g/mol. The summed E-state index contributed by atoms with van der Waals surface area (Å²) in [5.41, 5.74) is 7.59. The van der Waals surface area contributed by atoms with Crippen molar-refractivity contribution in [3.05, 3.63) is 34.6 Å². The van der Waals surface area contributed by atoms with Crippen molar-refractivity contribution >= 4 is 33.0 Å². The van der Waals surface area contributed by atoms with E-state index in [2.05, 4.69) is 14.9 Å². The van der Waals surface area contributed by atoms with Gasteiger partial charge in [-0.3, -0.25) is 9.82 Å². The van der Waals surface area contributed by atoms with Crippen LogP contribution >= 0.6 is 11.6 Å². The monoisotopic (exact) mass is 300 g/mol. The van der Waals surface area contributed by atoms with Gasteiger partial charge in [-0.2, -0.15) is 5.10 Å². The van der Waals surface area contributed by atoms with Crippen molar-refractivity contribution in [1.82, 2.24) is 10.2 Å². The lowest BCUT2D eigenvalue weighted by Crippen LogP contribution is -2.14. The van der Waals surface area contributed by atoms with Gasteiger partial charge in [0.05, 0.1) is 28.3 Å². The lowest BCUT2D eigenvalue weighted by Gasteiger charge is -2.11. The zero-order valence-corrected chi connectivity index (χ0v) is 11.9. The van der Waals surface area contributed by atoms with Crippen LogP contribution in [0.15, 0.2) is 23.2 Å². The molecular weight excluding hydrogens is 288 g/mol. The predicted molar refractivity (Wildman–Crippen MR) is 74.7 cm³/mol. The Balaban J connectivity index is 2.42. The van der Waals surface area contributed by atoms with Gasteiger partial charge in [0.15, 0.2) is 0 Å². The normalized spacial score (nSPS) is 11.5. The molecule has 0 unspecified atom stereocenters. The Morgan fingerprint density at radius 1 is 1.37 bits per heavy atom. The molecule has 0 spiro atoms. The third kappa shape index (κ3) is 2.66. The van der Waals surface area contributed by atoms with E-state index in [1.807, 2.05) is 0 Å². The average Bonchev–Trinajstić information content (AvgIpc) is 2.73. The number of nitrogens with one attached hydrogen (secondary N) is 2. The van der Waals surface area contributed by atoms with Crippen molar-refractivity contribution in [3.8, 4) is 0 Å². The van der Waals surface area contributed by atoms with E-state index < -0.39 is 10.0 Å². The van der Waals surface area contributed by atoms with Crippen molar-refractivity contribution in [2.75, 3.05) is 10.5 Å². The van der Waals surface area contributed by atoms with Crippen LogP contribution in [-0.4, -0.2) is 18.6 Å². The summed E-state index contributed by atoms with van der Waals surface area (Å²) >= 11 is 5.89. The standard InChI is InChI=1S/C11H13ClN4O2S/c1-6-3-9(13)8(12)4-10(6)16-19(17,18)11-5-14-15-7(11)2/h3-5,16H,13H2,1-2H3,(H,14,15). The van der Waals surface area contributed by atoms with Crippen LogP contribution < -0.4 is 10.5 Å². The molecule has 0 aliphatic heterocycles. The molecule has 0 bridgehead atoms. The minimum Gasteiger partial charge on any atom is -0.398 e. The van der Waals surface area contributed by atoms with E-state index in [9.17, 15) is 8.42 Å². The molecule has 0 saturated carbocycles. The Hall–Kier alpha value is -1.73. The molecule has 1 aromatic heterocycles. The minimum absolute atomic E-state index is 0.0971. The van der Waals surface area contributed by atoms with E-state index in [4.69, 9.17) is 17.3 Å². The third-order valence-corrected chi connectivity index (χ3v) is 4.47. The fraction of sp³-hybridized carbons (Fsp3) is 0.182. The highest BCUT2D eigenvalue weighted by molar-refractivity contribution is 7.92. The molecule has 6 nitrogen and oxygen atoms in total. The molecule has 4 N–H and O–H groups in total. The number of halogens is 1. The number of H-pyrrole nitrogens is 1. The summed E-state index contributed by atoms with van der Waals surface area (Å²) in [5.74, 6) is 0. The van der Waals surface area contributed by atoms with Crippen molar-refractivity contribution in [3.63, 3.8) is 0 Å². The number of aryl methyl sites for hydroxylation is 2. The van der Waals surface area contributed by atoms with Crippen LogP contribution in [0.3, 0.4) is 0 Å². The van der Waals surface area contributed by atoms with E-state index in [-0.39, 0.29) is 4.90 Å². The quantitative estimate of drug-likeness (QED) is 0.755. The second-order valence-corrected chi connectivity index (χ2v) is 6.21. The molecule has 2 rings (SSSR count). The predicted octanol–water partition coefficient (Wildman–Crippen LogP) is 2.06. The van der Waals surface area contributed by atoms with E-state index in [0.29, 0.717) is 27.7 Å². The molecule has 0 saturated heterocycles. The number of aromatic amines is 1. The number of aromatic nitrogens is 2. The largest absolute Gasteiger partial charge is 0.398 e. The van der Waals surface area contributed by atoms with Crippen molar-refractivity contribution in [2.45, 2.75) is 18.7 Å². The number of anilines is 2. The first-order chi connectivity index (χ1) is 8.81. The van der Waals surface area contributed by atoms with Crippen LogP contribution in [0.25, 0.3) is 0 Å². The highest BCUT2D eigenvalue weighted by atomic mass is 35.5. The van der Waals surface area contributed by atoms with E-state index in [1.54, 1.807) is 19.9 Å².